The lowest BCUT2D eigenvalue weighted by atomic mass is 10.0. The van der Waals surface area contributed by atoms with Crippen molar-refractivity contribution in [3.63, 3.8) is 0 Å². The number of aldehydes is 1. The van der Waals surface area contributed by atoms with Crippen LogP contribution in [0.4, 0.5) is 4.39 Å². The highest BCUT2D eigenvalue weighted by Gasteiger charge is 2.43. The Kier molecular flexibility index (Phi) is 14.5. The molecule has 1 fully saturated rings. The number of carbonyl (C=O) groups excluding carboxylic acids is 3. The minimum atomic E-state index is -0.840. The summed E-state index contributed by atoms with van der Waals surface area (Å²) in [6.07, 6.45) is 6.55. The number of nitrogens with two attached hydrogens (primary N) is 1. The molecule has 0 aliphatic heterocycles. The Bertz CT molecular complexity index is 1120. The van der Waals surface area contributed by atoms with Gasteiger partial charge in [-0.3, -0.25) is 9.59 Å². The molecule has 0 radical (unpaired) electrons. The number of halogens is 1. The molecule has 0 saturated heterocycles. The highest BCUT2D eigenvalue weighted by molar-refractivity contribution is 5.83. The Balaban J connectivity index is 0.000000303. The fourth-order valence-electron chi connectivity index (χ4n) is 4.50. The molecule has 9 heteroatoms. The van der Waals surface area contributed by atoms with E-state index in [1.54, 1.807) is 19.1 Å². The molecule has 2 amide bonds. The van der Waals surface area contributed by atoms with E-state index in [0.29, 0.717) is 24.7 Å². The second-order valence-electron chi connectivity index (χ2n) is 10.6. The number of hydrogen-bond donors (Lipinski definition) is 3. The van der Waals surface area contributed by atoms with Crippen molar-refractivity contribution < 1.29 is 23.5 Å². The van der Waals surface area contributed by atoms with Crippen LogP contribution in [0.1, 0.15) is 68.6 Å². The SMILES string of the molecule is CCc1cccc(C2(NCCCNC)CC2)c1.Cc1ccc(OCCCCC(=O)N(C)C(C=O)CC(N)=O)c(F)c1. The van der Waals surface area contributed by atoms with Gasteiger partial charge in [0, 0.05) is 19.0 Å². The molecule has 2 aromatic carbocycles. The van der Waals surface area contributed by atoms with Gasteiger partial charge in [-0.1, -0.05) is 37.3 Å². The molecule has 1 aliphatic carbocycles. The predicted molar refractivity (Wildman–Crippen MR) is 160 cm³/mol. The van der Waals surface area contributed by atoms with Gasteiger partial charge in [0.1, 0.15) is 6.29 Å². The van der Waals surface area contributed by atoms with Gasteiger partial charge in [-0.05, 0) is 94.4 Å². The number of primary amides is 1. The number of benzene rings is 2. The number of unbranched alkanes of at least 4 members (excludes halogenated alkanes) is 1. The van der Waals surface area contributed by atoms with E-state index in [2.05, 4.69) is 41.8 Å². The van der Waals surface area contributed by atoms with Gasteiger partial charge < -0.3 is 30.8 Å². The maximum absolute atomic E-state index is 13.6. The van der Waals surface area contributed by atoms with Crippen LogP contribution in [0.3, 0.4) is 0 Å². The van der Waals surface area contributed by atoms with Gasteiger partial charge in [0.05, 0.1) is 19.1 Å². The van der Waals surface area contributed by atoms with Gasteiger partial charge >= 0.3 is 0 Å². The van der Waals surface area contributed by atoms with E-state index in [-0.39, 0.29) is 31.1 Å². The molecule has 0 aromatic heterocycles. The molecule has 4 N–H and O–H groups in total. The van der Waals surface area contributed by atoms with E-state index >= 15 is 0 Å². The molecule has 1 atom stereocenters. The fraction of sp³-hybridized carbons (Fsp3) is 0.531. The van der Waals surface area contributed by atoms with E-state index in [9.17, 15) is 18.8 Å². The van der Waals surface area contributed by atoms with E-state index < -0.39 is 17.8 Å². The first-order valence-corrected chi connectivity index (χ1v) is 14.5. The monoisotopic (exact) mass is 570 g/mol. The van der Waals surface area contributed by atoms with Crippen LogP contribution in [0.2, 0.25) is 0 Å². The van der Waals surface area contributed by atoms with Crippen molar-refractivity contribution >= 4 is 18.1 Å². The number of aryl methyl sites for hydroxylation is 2. The Labute approximate surface area is 244 Å². The summed E-state index contributed by atoms with van der Waals surface area (Å²) in [6.45, 7) is 6.50. The molecule has 3 rings (SSSR count). The summed E-state index contributed by atoms with van der Waals surface area (Å²) in [5.74, 6) is -1.12. The number of nitrogens with zero attached hydrogens (tertiary/aromatic N) is 1. The number of rotatable bonds is 17. The molecule has 2 aromatic rings. The lowest BCUT2D eigenvalue weighted by Gasteiger charge is -2.22. The lowest BCUT2D eigenvalue weighted by Crippen LogP contribution is -2.40. The van der Waals surface area contributed by atoms with E-state index in [1.165, 1.54) is 48.4 Å². The van der Waals surface area contributed by atoms with Crippen LogP contribution in [0.25, 0.3) is 0 Å². The first-order chi connectivity index (χ1) is 19.7. The highest BCUT2D eigenvalue weighted by atomic mass is 19.1. The summed E-state index contributed by atoms with van der Waals surface area (Å²) in [5.41, 5.74) is 9.10. The first kappa shape index (κ1) is 33.9. The number of hydrogen-bond acceptors (Lipinski definition) is 6. The molecule has 0 heterocycles. The molecule has 226 valence electrons. The van der Waals surface area contributed by atoms with Crippen LogP contribution in [0.5, 0.6) is 5.75 Å². The Hall–Kier alpha value is -3.30. The molecule has 0 spiro atoms. The van der Waals surface area contributed by atoms with Crippen LogP contribution in [-0.4, -0.2) is 62.8 Å². The molecule has 41 heavy (non-hydrogen) atoms. The molecule has 8 nitrogen and oxygen atoms in total. The maximum atomic E-state index is 13.6. The zero-order valence-electron chi connectivity index (χ0n) is 25.0. The van der Waals surface area contributed by atoms with Gasteiger partial charge in [-0.2, -0.15) is 0 Å². The average molecular weight is 571 g/mol. The Morgan fingerprint density at radius 3 is 2.51 bits per heavy atom. The minimum Gasteiger partial charge on any atom is -0.491 e. The van der Waals surface area contributed by atoms with Crippen molar-refractivity contribution in [1.82, 2.24) is 15.5 Å². The van der Waals surface area contributed by atoms with E-state index in [4.69, 9.17) is 10.5 Å². The average Bonchev–Trinajstić information content (AvgIpc) is 3.76. The van der Waals surface area contributed by atoms with Crippen molar-refractivity contribution in [2.45, 2.75) is 76.8 Å². The number of amides is 2. The van der Waals surface area contributed by atoms with Crippen LogP contribution in [0, 0.1) is 12.7 Å². The first-order valence-electron chi connectivity index (χ1n) is 14.5. The van der Waals surface area contributed by atoms with Crippen LogP contribution < -0.4 is 21.1 Å². The molecular formula is C32H47FN4O4. The van der Waals surface area contributed by atoms with Gasteiger partial charge in [-0.15, -0.1) is 0 Å². The maximum Gasteiger partial charge on any atom is 0.222 e. The lowest BCUT2D eigenvalue weighted by molar-refractivity contribution is -0.136. The minimum absolute atomic E-state index is 0.187. The second-order valence-corrected chi connectivity index (χ2v) is 10.6. The van der Waals surface area contributed by atoms with Crippen LogP contribution in [-0.2, 0) is 26.3 Å². The zero-order chi connectivity index (χ0) is 30.3. The molecule has 0 bridgehead atoms. The zero-order valence-corrected chi connectivity index (χ0v) is 25.0. The molecule has 1 aliphatic rings. The van der Waals surface area contributed by atoms with Crippen LogP contribution in [0.15, 0.2) is 42.5 Å². The third kappa shape index (κ3) is 11.6. The van der Waals surface area contributed by atoms with Gasteiger partial charge in [0.2, 0.25) is 11.8 Å². The third-order valence-electron chi connectivity index (χ3n) is 7.29. The summed E-state index contributed by atoms with van der Waals surface area (Å²) in [6, 6.07) is 13.0. The molecular weight excluding hydrogens is 523 g/mol. The van der Waals surface area contributed by atoms with E-state index in [1.807, 2.05) is 7.05 Å². The largest absolute Gasteiger partial charge is 0.491 e. The molecule has 1 saturated carbocycles. The van der Waals surface area contributed by atoms with Crippen LogP contribution >= 0.6 is 0 Å². The standard InChI is InChI=1S/C17H23FN2O4.C15H24N2/c1-12-6-7-15(14(18)9-12)24-8-4-3-5-17(23)20(2)13(11-21)10-16(19)22;1-3-13-6-4-7-14(12-13)15(8-9-15)17-11-5-10-16-2/h6-7,9,11,13H,3-5,8,10H2,1-2H3,(H2,19,22);4,6-7,12,16-17H,3,5,8-11H2,1-2H3. The highest BCUT2D eigenvalue weighted by Crippen LogP contribution is 2.45. The van der Waals surface area contributed by atoms with Gasteiger partial charge in [0.25, 0.3) is 0 Å². The summed E-state index contributed by atoms with van der Waals surface area (Å²) in [4.78, 5) is 35.0. The second kappa shape index (κ2) is 17.5. The number of ether oxygens (including phenoxy) is 1. The number of carbonyl (C=O) groups is 3. The van der Waals surface area contributed by atoms with Crippen molar-refractivity contribution in [3.05, 3.63) is 65.0 Å². The third-order valence-corrected chi connectivity index (χ3v) is 7.29. The Morgan fingerprint density at radius 1 is 1.15 bits per heavy atom. The number of nitrogens with one attached hydrogen (secondary N) is 2. The molecule has 1 unspecified atom stereocenters. The summed E-state index contributed by atoms with van der Waals surface area (Å²) in [7, 11) is 3.47. The van der Waals surface area contributed by atoms with Crippen molar-refractivity contribution in [3.8, 4) is 5.75 Å². The summed E-state index contributed by atoms with van der Waals surface area (Å²) >= 11 is 0. The predicted octanol–water partition coefficient (Wildman–Crippen LogP) is 4.02. The quantitative estimate of drug-likeness (QED) is 0.196. The van der Waals surface area contributed by atoms with E-state index in [0.717, 1.165) is 25.1 Å². The van der Waals surface area contributed by atoms with Crippen molar-refractivity contribution in [2.24, 2.45) is 5.73 Å². The topological polar surface area (TPSA) is 114 Å². The smallest absolute Gasteiger partial charge is 0.222 e. The number of likely N-dealkylation sites (N-methyl/N-ethyl adjacent to an activating group) is 1. The van der Waals surface area contributed by atoms with Gasteiger partial charge in [-0.25, -0.2) is 4.39 Å². The fourth-order valence-corrected chi connectivity index (χ4v) is 4.50. The summed E-state index contributed by atoms with van der Waals surface area (Å²) < 4.78 is 18.9. The Morgan fingerprint density at radius 2 is 1.90 bits per heavy atom. The normalized spacial score (nSPS) is 13.9. The summed E-state index contributed by atoms with van der Waals surface area (Å²) in [5, 5.41) is 6.92. The van der Waals surface area contributed by atoms with Gasteiger partial charge in [0.15, 0.2) is 11.6 Å². The van der Waals surface area contributed by atoms with Crippen molar-refractivity contribution in [2.75, 3.05) is 33.8 Å². The van der Waals surface area contributed by atoms with Crippen molar-refractivity contribution in [1.29, 1.82) is 0 Å².